The molecule has 4 heteroatoms. The number of ether oxygens (including phenoxy) is 1. The summed E-state index contributed by atoms with van der Waals surface area (Å²) in [6.07, 6.45) is 0. The lowest BCUT2D eigenvalue weighted by Gasteiger charge is -2.13. The third-order valence-corrected chi connectivity index (χ3v) is 3.32. The normalized spacial score (nSPS) is 10.6. The van der Waals surface area contributed by atoms with Crippen LogP contribution in [-0.4, -0.2) is 6.61 Å². The number of rotatable bonds is 6. The molecule has 20 heavy (non-hydrogen) atoms. The summed E-state index contributed by atoms with van der Waals surface area (Å²) in [6, 6.07) is 12.4. The van der Waals surface area contributed by atoms with E-state index in [9.17, 15) is 4.39 Å². The molecule has 0 saturated heterocycles. The summed E-state index contributed by atoms with van der Waals surface area (Å²) in [4.78, 5) is 0. The Labute approximate surface area is 123 Å². The second-order valence-corrected chi connectivity index (χ2v) is 4.79. The fraction of sp³-hybridized carbons (Fsp3) is 0.250. The maximum atomic E-state index is 13.0. The summed E-state index contributed by atoms with van der Waals surface area (Å²) in [7, 11) is 0. The predicted octanol–water partition coefficient (Wildman–Crippen LogP) is 4.63. The molecule has 106 valence electrons. The average molecular weight is 294 g/mol. The number of anilines is 1. The van der Waals surface area contributed by atoms with Gasteiger partial charge in [-0.2, -0.15) is 0 Å². The van der Waals surface area contributed by atoms with E-state index in [1.54, 1.807) is 6.07 Å². The molecule has 0 heterocycles. The summed E-state index contributed by atoms with van der Waals surface area (Å²) >= 11 is 6.01. The number of para-hydroxylation sites is 1. The minimum Gasteiger partial charge on any atom is -0.381 e. The molecule has 0 aliphatic heterocycles. The van der Waals surface area contributed by atoms with Gasteiger partial charge >= 0.3 is 0 Å². The molecular weight excluding hydrogens is 277 g/mol. The smallest absolute Gasteiger partial charge is 0.124 e. The number of hydrogen-bond donors (Lipinski definition) is 1. The van der Waals surface area contributed by atoms with Crippen LogP contribution < -0.4 is 5.32 Å². The highest BCUT2D eigenvalue weighted by Gasteiger charge is 2.04. The zero-order valence-corrected chi connectivity index (χ0v) is 12.1. The maximum absolute atomic E-state index is 13.0. The average Bonchev–Trinajstić information content (AvgIpc) is 2.45. The Bertz CT molecular complexity index is 574. The first-order valence-corrected chi connectivity index (χ1v) is 6.92. The lowest BCUT2D eigenvalue weighted by atomic mass is 10.1. The van der Waals surface area contributed by atoms with Crippen molar-refractivity contribution >= 4 is 17.3 Å². The van der Waals surface area contributed by atoms with Gasteiger partial charge in [-0.1, -0.05) is 35.9 Å². The van der Waals surface area contributed by atoms with Crippen molar-refractivity contribution in [2.45, 2.75) is 20.1 Å². The molecule has 0 spiro atoms. The molecule has 2 rings (SSSR count). The van der Waals surface area contributed by atoms with Crippen molar-refractivity contribution in [2.75, 3.05) is 11.9 Å². The molecule has 1 N–H and O–H groups in total. The molecule has 2 nitrogen and oxygen atoms in total. The Morgan fingerprint density at radius 2 is 1.95 bits per heavy atom. The molecule has 0 fully saturated rings. The highest BCUT2D eigenvalue weighted by Crippen LogP contribution is 2.21. The quantitative estimate of drug-likeness (QED) is 0.838. The zero-order chi connectivity index (χ0) is 14.4. The number of hydrogen-bond acceptors (Lipinski definition) is 2. The summed E-state index contributed by atoms with van der Waals surface area (Å²) in [5.41, 5.74) is 2.95. The first-order chi connectivity index (χ1) is 9.70. The van der Waals surface area contributed by atoms with Gasteiger partial charge in [0.05, 0.1) is 6.61 Å². The van der Waals surface area contributed by atoms with Crippen LogP contribution in [0.2, 0.25) is 5.02 Å². The van der Waals surface area contributed by atoms with E-state index in [1.165, 1.54) is 12.1 Å². The lowest BCUT2D eigenvalue weighted by Crippen LogP contribution is -2.04. The third kappa shape index (κ3) is 3.95. The maximum Gasteiger partial charge on any atom is 0.124 e. The SMILES string of the molecule is CCOCc1ccccc1NCc1ccc(F)cc1Cl. The fourth-order valence-corrected chi connectivity index (χ4v) is 2.12. The molecule has 2 aromatic carbocycles. The molecular formula is C16H17ClFNO. The Morgan fingerprint density at radius 3 is 2.70 bits per heavy atom. The largest absolute Gasteiger partial charge is 0.381 e. The Morgan fingerprint density at radius 1 is 1.15 bits per heavy atom. The molecule has 0 unspecified atom stereocenters. The second-order valence-electron chi connectivity index (χ2n) is 4.38. The molecule has 0 aromatic heterocycles. The second kappa shape index (κ2) is 7.27. The van der Waals surface area contributed by atoms with Crippen molar-refractivity contribution in [3.63, 3.8) is 0 Å². The molecule has 0 amide bonds. The van der Waals surface area contributed by atoms with Crippen molar-refractivity contribution in [2.24, 2.45) is 0 Å². The summed E-state index contributed by atoms with van der Waals surface area (Å²) in [5, 5.41) is 3.74. The van der Waals surface area contributed by atoms with Gasteiger partial charge in [0.25, 0.3) is 0 Å². The minimum absolute atomic E-state index is 0.324. The van der Waals surface area contributed by atoms with Gasteiger partial charge in [0.2, 0.25) is 0 Å². The number of nitrogens with one attached hydrogen (secondary N) is 1. The van der Waals surface area contributed by atoms with Crippen LogP contribution >= 0.6 is 11.6 Å². The van der Waals surface area contributed by atoms with Gasteiger partial charge in [0.15, 0.2) is 0 Å². The van der Waals surface area contributed by atoms with E-state index in [0.29, 0.717) is 24.8 Å². The van der Waals surface area contributed by atoms with Crippen LogP contribution in [0.25, 0.3) is 0 Å². The van der Waals surface area contributed by atoms with Gasteiger partial charge in [-0.05, 0) is 30.7 Å². The van der Waals surface area contributed by atoms with Crippen LogP contribution in [0.3, 0.4) is 0 Å². The van der Waals surface area contributed by atoms with Gasteiger partial charge in [0.1, 0.15) is 5.82 Å². The Hall–Kier alpha value is -1.58. The van der Waals surface area contributed by atoms with Gasteiger partial charge in [0, 0.05) is 29.4 Å². The van der Waals surface area contributed by atoms with Gasteiger partial charge < -0.3 is 10.1 Å². The van der Waals surface area contributed by atoms with Gasteiger partial charge in [-0.15, -0.1) is 0 Å². The molecule has 0 atom stereocenters. The van der Waals surface area contributed by atoms with Gasteiger partial charge in [-0.25, -0.2) is 4.39 Å². The summed E-state index contributed by atoms with van der Waals surface area (Å²) in [6.45, 7) is 3.76. The fourth-order valence-electron chi connectivity index (χ4n) is 1.89. The topological polar surface area (TPSA) is 21.3 Å². The summed E-state index contributed by atoms with van der Waals surface area (Å²) < 4.78 is 18.4. The van der Waals surface area contributed by atoms with E-state index in [0.717, 1.165) is 16.8 Å². The first kappa shape index (κ1) is 14.8. The van der Waals surface area contributed by atoms with Crippen LogP contribution in [0.5, 0.6) is 0 Å². The molecule has 0 saturated carbocycles. The highest BCUT2D eigenvalue weighted by atomic mass is 35.5. The standard InChI is InChI=1S/C16H17ClFNO/c1-2-20-11-13-5-3-4-6-16(13)19-10-12-7-8-14(18)9-15(12)17/h3-9,19H,2,10-11H2,1H3. The zero-order valence-electron chi connectivity index (χ0n) is 11.3. The monoisotopic (exact) mass is 293 g/mol. The van der Waals surface area contributed by atoms with E-state index in [1.807, 2.05) is 31.2 Å². The van der Waals surface area contributed by atoms with Crippen molar-refractivity contribution in [1.82, 2.24) is 0 Å². The van der Waals surface area contributed by atoms with Crippen LogP contribution in [-0.2, 0) is 17.9 Å². The molecule has 0 bridgehead atoms. The van der Waals surface area contributed by atoms with Crippen LogP contribution in [0.1, 0.15) is 18.1 Å². The molecule has 0 radical (unpaired) electrons. The van der Waals surface area contributed by atoms with E-state index in [4.69, 9.17) is 16.3 Å². The van der Waals surface area contributed by atoms with Crippen LogP contribution in [0, 0.1) is 5.82 Å². The van der Waals surface area contributed by atoms with Crippen LogP contribution in [0.4, 0.5) is 10.1 Å². The molecule has 2 aromatic rings. The predicted molar refractivity (Wildman–Crippen MR) is 80.5 cm³/mol. The Balaban J connectivity index is 2.06. The van der Waals surface area contributed by atoms with Crippen molar-refractivity contribution in [1.29, 1.82) is 0 Å². The third-order valence-electron chi connectivity index (χ3n) is 2.96. The van der Waals surface area contributed by atoms with Crippen molar-refractivity contribution in [3.8, 4) is 0 Å². The highest BCUT2D eigenvalue weighted by molar-refractivity contribution is 6.31. The van der Waals surface area contributed by atoms with Gasteiger partial charge in [-0.3, -0.25) is 0 Å². The number of benzene rings is 2. The van der Waals surface area contributed by atoms with Crippen molar-refractivity contribution < 1.29 is 9.13 Å². The lowest BCUT2D eigenvalue weighted by molar-refractivity contribution is 0.134. The first-order valence-electron chi connectivity index (χ1n) is 6.54. The number of halogens is 2. The summed E-state index contributed by atoms with van der Waals surface area (Å²) in [5.74, 6) is -0.324. The van der Waals surface area contributed by atoms with E-state index >= 15 is 0 Å². The van der Waals surface area contributed by atoms with E-state index in [2.05, 4.69) is 5.32 Å². The Kier molecular flexibility index (Phi) is 5.39. The van der Waals surface area contributed by atoms with E-state index in [-0.39, 0.29) is 5.82 Å². The van der Waals surface area contributed by atoms with Crippen LogP contribution in [0.15, 0.2) is 42.5 Å². The van der Waals surface area contributed by atoms with Crippen molar-refractivity contribution in [3.05, 3.63) is 64.4 Å². The minimum atomic E-state index is -0.324. The molecule has 0 aliphatic rings. The molecule has 0 aliphatic carbocycles. The van der Waals surface area contributed by atoms with E-state index < -0.39 is 0 Å².